The number of hydrogen-bond donors (Lipinski definition) is 1. The van der Waals surface area contributed by atoms with Gasteiger partial charge in [-0.05, 0) is 11.0 Å². The first-order valence-corrected chi connectivity index (χ1v) is 8.31. The normalized spacial score (nSPS) is 15.9. The lowest BCUT2D eigenvalue weighted by molar-refractivity contribution is -0.0467. The van der Waals surface area contributed by atoms with Gasteiger partial charge < -0.3 is 5.11 Å². The molecule has 2 nitrogen and oxygen atoms in total. The van der Waals surface area contributed by atoms with E-state index in [1.807, 2.05) is 75.4 Å². The van der Waals surface area contributed by atoms with Crippen LogP contribution >= 0.6 is 0 Å². The average Bonchev–Trinajstić information content (AvgIpc) is 2.59. The molecule has 2 aromatic rings. The Kier molecular flexibility index (Phi) is 5.40. The van der Waals surface area contributed by atoms with E-state index in [1.165, 1.54) is 0 Å². The Morgan fingerprint density at radius 1 is 0.958 bits per heavy atom. The van der Waals surface area contributed by atoms with E-state index in [0.717, 1.165) is 5.56 Å². The maximum Gasteiger partial charge on any atom is 0.168 e. The number of rotatable bonds is 5. The van der Waals surface area contributed by atoms with E-state index < -0.39 is 16.9 Å². The van der Waals surface area contributed by atoms with Gasteiger partial charge in [0.05, 0.1) is 11.5 Å². The third-order valence-corrected chi connectivity index (χ3v) is 4.64. The highest BCUT2D eigenvalue weighted by Crippen LogP contribution is 2.39. The van der Waals surface area contributed by atoms with Crippen LogP contribution in [0.15, 0.2) is 66.7 Å². The van der Waals surface area contributed by atoms with Crippen molar-refractivity contribution in [3.8, 4) is 0 Å². The lowest BCUT2D eigenvalue weighted by Gasteiger charge is -2.42. The Balaban J connectivity index is 2.37. The fourth-order valence-corrected chi connectivity index (χ4v) is 2.88. The molecule has 0 saturated carbocycles. The molecule has 0 heterocycles. The minimum atomic E-state index is -1.25. The van der Waals surface area contributed by atoms with Crippen molar-refractivity contribution in [3.63, 3.8) is 0 Å². The Hall–Kier alpha value is -2.19. The first-order valence-electron chi connectivity index (χ1n) is 8.31. The monoisotopic (exact) mass is 322 g/mol. The SMILES string of the molecule is CC(C(=O)c1ccccc1)C(O)(/C=C/c1ccccc1)C(C)(C)C. The second-order valence-corrected chi connectivity index (χ2v) is 7.27. The molecule has 2 rings (SSSR count). The minimum absolute atomic E-state index is 0.0502. The quantitative estimate of drug-likeness (QED) is 0.787. The van der Waals surface area contributed by atoms with E-state index in [2.05, 4.69) is 0 Å². The standard InChI is InChI=1S/C22H26O2/c1-17(20(23)19-13-9-6-10-14-19)22(24,21(2,3)4)16-15-18-11-7-5-8-12-18/h5-17,24H,1-4H3/b16-15+. The molecule has 2 aromatic carbocycles. The molecule has 0 amide bonds. The topological polar surface area (TPSA) is 37.3 Å². The molecule has 0 aliphatic heterocycles. The molecular weight excluding hydrogens is 296 g/mol. The predicted octanol–water partition coefficient (Wildman–Crippen LogP) is 5.00. The fourth-order valence-electron chi connectivity index (χ4n) is 2.88. The van der Waals surface area contributed by atoms with E-state index in [-0.39, 0.29) is 5.78 Å². The van der Waals surface area contributed by atoms with Crippen molar-refractivity contribution in [1.29, 1.82) is 0 Å². The van der Waals surface area contributed by atoms with Crippen molar-refractivity contribution in [2.24, 2.45) is 11.3 Å². The first-order chi connectivity index (χ1) is 11.3. The van der Waals surface area contributed by atoms with E-state index in [4.69, 9.17) is 0 Å². The zero-order valence-corrected chi connectivity index (χ0v) is 14.9. The van der Waals surface area contributed by atoms with Gasteiger partial charge in [-0.1, -0.05) is 101 Å². The summed E-state index contributed by atoms with van der Waals surface area (Å²) >= 11 is 0. The van der Waals surface area contributed by atoms with Gasteiger partial charge >= 0.3 is 0 Å². The van der Waals surface area contributed by atoms with Crippen molar-refractivity contribution in [2.45, 2.75) is 33.3 Å². The number of carbonyl (C=O) groups is 1. The molecule has 1 N–H and O–H groups in total. The molecule has 24 heavy (non-hydrogen) atoms. The third kappa shape index (κ3) is 3.82. The maximum atomic E-state index is 12.9. The first kappa shape index (κ1) is 18.2. The van der Waals surface area contributed by atoms with Crippen LogP contribution in [0.5, 0.6) is 0 Å². The molecule has 2 atom stereocenters. The molecule has 0 aliphatic carbocycles. The zero-order chi connectivity index (χ0) is 17.8. The van der Waals surface area contributed by atoms with Crippen LogP contribution in [0.4, 0.5) is 0 Å². The summed E-state index contributed by atoms with van der Waals surface area (Å²) < 4.78 is 0. The number of benzene rings is 2. The van der Waals surface area contributed by atoms with Crippen molar-refractivity contribution in [2.75, 3.05) is 0 Å². The maximum absolute atomic E-state index is 12.9. The highest BCUT2D eigenvalue weighted by Gasteiger charge is 2.45. The highest BCUT2D eigenvalue weighted by atomic mass is 16.3. The summed E-state index contributed by atoms with van der Waals surface area (Å²) in [6.45, 7) is 7.67. The Morgan fingerprint density at radius 3 is 1.96 bits per heavy atom. The van der Waals surface area contributed by atoms with Crippen LogP contribution in [0.25, 0.3) is 6.08 Å². The smallest absolute Gasteiger partial charge is 0.168 e. The van der Waals surface area contributed by atoms with Gasteiger partial charge in [0.25, 0.3) is 0 Å². The summed E-state index contributed by atoms with van der Waals surface area (Å²) in [4.78, 5) is 12.9. The Morgan fingerprint density at radius 2 is 1.46 bits per heavy atom. The lowest BCUT2D eigenvalue weighted by atomic mass is 9.67. The van der Waals surface area contributed by atoms with Crippen LogP contribution in [-0.4, -0.2) is 16.5 Å². The Bertz CT molecular complexity index is 696. The van der Waals surface area contributed by atoms with Crippen molar-refractivity contribution >= 4 is 11.9 Å². The van der Waals surface area contributed by atoms with E-state index in [0.29, 0.717) is 5.56 Å². The van der Waals surface area contributed by atoms with Crippen LogP contribution in [-0.2, 0) is 0 Å². The molecule has 2 unspecified atom stereocenters. The predicted molar refractivity (Wildman–Crippen MR) is 99.8 cm³/mol. The lowest BCUT2D eigenvalue weighted by Crippen LogP contribution is -2.49. The summed E-state index contributed by atoms with van der Waals surface area (Å²) in [6, 6.07) is 19.0. The van der Waals surface area contributed by atoms with Crippen molar-refractivity contribution in [1.82, 2.24) is 0 Å². The van der Waals surface area contributed by atoms with Crippen LogP contribution in [0.2, 0.25) is 0 Å². The van der Waals surface area contributed by atoms with Gasteiger partial charge in [-0.25, -0.2) is 0 Å². The van der Waals surface area contributed by atoms with Gasteiger partial charge in [-0.2, -0.15) is 0 Å². The molecule has 0 spiro atoms. The summed E-state index contributed by atoms with van der Waals surface area (Å²) in [6.07, 6.45) is 3.66. The van der Waals surface area contributed by atoms with Crippen LogP contribution in [0.1, 0.15) is 43.6 Å². The van der Waals surface area contributed by atoms with Crippen LogP contribution in [0.3, 0.4) is 0 Å². The second-order valence-electron chi connectivity index (χ2n) is 7.27. The number of aliphatic hydroxyl groups is 1. The average molecular weight is 322 g/mol. The Labute approximate surface area is 144 Å². The fraction of sp³-hybridized carbons (Fsp3) is 0.318. The third-order valence-electron chi connectivity index (χ3n) is 4.64. The van der Waals surface area contributed by atoms with Gasteiger partial charge in [-0.3, -0.25) is 4.79 Å². The summed E-state index contributed by atoms with van der Waals surface area (Å²) in [5, 5.41) is 11.4. The second kappa shape index (κ2) is 7.14. The van der Waals surface area contributed by atoms with Gasteiger partial charge in [0.2, 0.25) is 0 Å². The molecule has 126 valence electrons. The molecule has 0 fully saturated rings. The summed E-state index contributed by atoms with van der Waals surface area (Å²) in [5.74, 6) is -0.606. The van der Waals surface area contributed by atoms with E-state index >= 15 is 0 Å². The molecule has 0 bridgehead atoms. The van der Waals surface area contributed by atoms with Gasteiger partial charge in [0.15, 0.2) is 5.78 Å². The van der Waals surface area contributed by atoms with E-state index in [9.17, 15) is 9.90 Å². The van der Waals surface area contributed by atoms with Crippen molar-refractivity contribution in [3.05, 3.63) is 77.9 Å². The minimum Gasteiger partial charge on any atom is -0.384 e. The molecule has 0 aromatic heterocycles. The summed E-state index contributed by atoms with van der Waals surface area (Å²) in [7, 11) is 0. The van der Waals surface area contributed by atoms with Crippen LogP contribution in [0, 0.1) is 11.3 Å². The van der Waals surface area contributed by atoms with Gasteiger partial charge in [0, 0.05) is 5.56 Å². The molecular formula is C22H26O2. The number of ketones is 1. The molecule has 2 heteroatoms. The van der Waals surface area contributed by atoms with Crippen LogP contribution < -0.4 is 0 Å². The number of hydrogen-bond acceptors (Lipinski definition) is 2. The van der Waals surface area contributed by atoms with E-state index in [1.54, 1.807) is 25.1 Å². The number of carbonyl (C=O) groups excluding carboxylic acids is 1. The largest absolute Gasteiger partial charge is 0.384 e. The zero-order valence-electron chi connectivity index (χ0n) is 14.9. The van der Waals surface area contributed by atoms with Gasteiger partial charge in [-0.15, -0.1) is 0 Å². The number of Topliss-reactive ketones (excluding diaryl/α,β-unsaturated/α-hetero) is 1. The highest BCUT2D eigenvalue weighted by molar-refractivity contribution is 5.98. The molecule has 0 saturated heterocycles. The molecule has 0 aliphatic rings. The summed E-state index contributed by atoms with van der Waals surface area (Å²) in [5.41, 5.74) is -0.113. The van der Waals surface area contributed by atoms with Gasteiger partial charge in [0.1, 0.15) is 0 Å². The molecule has 0 radical (unpaired) electrons. The van der Waals surface area contributed by atoms with Crippen molar-refractivity contribution < 1.29 is 9.90 Å².